The third-order valence-corrected chi connectivity index (χ3v) is 6.40. The van der Waals surface area contributed by atoms with Crippen LogP contribution in [0.15, 0.2) is 60.3 Å². The summed E-state index contributed by atoms with van der Waals surface area (Å²) >= 11 is 8.05. The molecule has 0 spiro atoms. The number of aromatic nitrogens is 1. The number of carbonyl (C=O) groups is 1. The van der Waals surface area contributed by atoms with Gasteiger partial charge in [0.15, 0.2) is 0 Å². The minimum absolute atomic E-state index is 0.224. The fraction of sp³-hybridized carbons (Fsp3) is 0.190. The smallest absolute Gasteiger partial charge is 0.299 e. The summed E-state index contributed by atoms with van der Waals surface area (Å²) in [4.78, 5) is 20.8. The highest BCUT2D eigenvalue weighted by Crippen LogP contribution is 2.34. The molecule has 0 amide bonds. The first-order valence-electron chi connectivity index (χ1n) is 9.19. The zero-order valence-corrected chi connectivity index (χ0v) is 16.5. The lowest BCUT2D eigenvalue weighted by atomic mass is 9.81. The Morgan fingerprint density at radius 1 is 1.18 bits per heavy atom. The number of benzene rings is 2. The Kier molecular flexibility index (Phi) is 4.37. The van der Waals surface area contributed by atoms with Crippen LogP contribution in [0.5, 0.6) is 0 Å². The Labute approximate surface area is 171 Å². The Morgan fingerprint density at radius 2 is 2.00 bits per heavy atom. The van der Waals surface area contributed by atoms with E-state index in [9.17, 15) is 4.79 Å². The van der Waals surface area contributed by atoms with Crippen LogP contribution in [0.2, 0.25) is 5.02 Å². The monoisotopic (exact) mass is 409 g/mol. The van der Waals surface area contributed by atoms with E-state index in [1.54, 1.807) is 11.3 Å². The second-order valence-corrected chi connectivity index (χ2v) is 8.34. The van der Waals surface area contributed by atoms with Gasteiger partial charge in [0.1, 0.15) is 17.7 Å². The fourth-order valence-corrected chi connectivity index (χ4v) is 4.95. The van der Waals surface area contributed by atoms with Gasteiger partial charge in [0.05, 0.1) is 15.9 Å². The van der Waals surface area contributed by atoms with Crippen molar-refractivity contribution in [2.24, 2.45) is 5.92 Å². The number of fused-ring (bicyclic) bond motifs is 2. The van der Waals surface area contributed by atoms with E-state index in [0.717, 1.165) is 33.0 Å². The Balaban J connectivity index is 1.55. The first-order valence-corrected chi connectivity index (χ1v) is 10.4. The molecule has 2 heterocycles. The lowest BCUT2D eigenvalue weighted by molar-refractivity contribution is -0.522. The first kappa shape index (κ1) is 17.4. The van der Waals surface area contributed by atoms with Gasteiger partial charge in [-0.3, -0.25) is 9.79 Å². The maximum atomic E-state index is 12.7. The van der Waals surface area contributed by atoms with Gasteiger partial charge in [0.2, 0.25) is 0 Å². The normalized spacial score (nSPS) is 21.5. The molecule has 0 fully saturated rings. The van der Waals surface area contributed by atoms with E-state index in [-0.39, 0.29) is 17.7 Å². The number of hydrogen-bond acceptors (Lipinski definition) is 5. The van der Waals surface area contributed by atoms with Crippen LogP contribution < -0.4 is 15.6 Å². The van der Waals surface area contributed by atoms with E-state index in [0.29, 0.717) is 17.4 Å². The summed E-state index contributed by atoms with van der Waals surface area (Å²) in [5.41, 5.74) is 2.79. The minimum Gasteiger partial charge on any atom is -0.299 e. The van der Waals surface area contributed by atoms with Crippen molar-refractivity contribution in [2.75, 3.05) is 5.32 Å². The topological polar surface area (TPSA) is 68.0 Å². The number of carbonyl (C=O) groups excluding carboxylic acids is 1. The van der Waals surface area contributed by atoms with Gasteiger partial charge in [-0.25, -0.2) is 15.6 Å². The van der Waals surface area contributed by atoms with Crippen molar-refractivity contribution in [3.63, 3.8) is 0 Å². The number of nitrogens with one attached hydrogen (secondary N) is 3. The van der Waals surface area contributed by atoms with Crippen LogP contribution in [0.3, 0.4) is 0 Å². The van der Waals surface area contributed by atoms with Gasteiger partial charge >= 0.3 is 5.96 Å². The zero-order chi connectivity index (χ0) is 19.1. The molecular weight excluding hydrogens is 392 g/mol. The highest BCUT2D eigenvalue weighted by Gasteiger charge is 2.42. The van der Waals surface area contributed by atoms with Gasteiger partial charge in [0, 0.05) is 17.0 Å². The SMILES string of the molecule is O=C1CCC=C2NC(Nc3nc4ccccc4s3)=[NH+][C@@H](c3ccccc3Cl)[C@H]12. The number of rotatable bonds is 2. The summed E-state index contributed by atoms with van der Waals surface area (Å²) in [6.07, 6.45) is 3.41. The molecule has 7 heteroatoms. The van der Waals surface area contributed by atoms with Gasteiger partial charge in [-0.2, -0.15) is 0 Å². The lowest BCUT2D eigenvalue weighted by Gasteiger charge is -2.31. The van der Waals surface area contributed by atoms with Crippen molar-refractivity contribution in [3.8, 4) is 0 Å². The molecule has 28 heavy (non-hydrogen) atoms. The van der Waals surface area contributed by atoms with E-state index in [1.165, 1.54) is 0 Å². The van der Waals surface area contributed by atoms with Crippen molar-refractivity contribution in [1.82, 2.24) is 10.3 Å². The Hall–Kier alpha value is -2.70. The number of hydrogen-bond donors (Lipinski definition) is 3. The number of para-hydroxylation sites is 1. The van der Waals surface area contributed by atoms with Gasteiger partial charge < -0.3 is 0 Å². The van der Waals surface area contributed by atoms with E-state index in [4.69, 9.17) is 11.6 Å². The van der Waals surface area contributed by atoms with E-state index < -0.39 is 0 Å². The molecule has 3 aromatic rings. The molecule has 3 N–H and O–H groups in total. The number of allylic oxidation sites excluding steroid dienone is 1. The third-order valence-electron chi connectivity index (χ3n) is 5.11. The minimum atomic E-state index is -0.269. The molecule has 0 unspecified atom stereocenters. The second-order valence-electron chi connectivity index (χ2n) is 6.90. The van der Waals surface area contributed by atoms with Crippen molar-refractivity contribution >= 4 is 50.0 Å². The molecule has 2 atom stereocenters. The van der Waals surface area contributed by atoms with Crippen LogP contribution in [0, 0.1) is 5.92 Å². The van der Waals surface area contributed by atoms with Gasteiger partial charge in [0.25, 0.3) is 5.13 Å². The van der Waals surface area contributed by atoms with Crippen molar-refractivity contribution in [3.05, 3.63) is 70.9 Å². The summed E-state index contributed by atoms with van der Waals surface area (Å²) in [6, 6.07) is 15.5. The number of ketones is 1. The molecule has 5 nitrogen and oxygen atoms in total. The van der Waals surface area contributed by atoms with Crippen LogP contribution in [0.1, 0.15) is 24.4 Å². The molecule has 5 rings (SSSR count). The number of anilines is 1. The quantitative estimate of drug-likeness (QED) is 0.608. The number of guanidine groups is 1. The molecule has 0 bridgehead atoms. The first-order chi connectivity index (χ1) is 13.7. The predicted octanol–water partition coefficient (Wildman–Crippen LogP) is 3.01. The Morgan fingerprint density at radius 3 is 2.86 bits per heavy atom. The third kappa shape index (κ3) is 3.08. The molecule has 2 aromatic carbocycles. The van der Waals surface area contributed by atoms with Gasteiger partial charge in [-0.1, -0.05) is 53.3 Å². The number of nitrogens with zero attached hydrogens (tertiary/aromatic N) is 1. The van der Waals surface area contributed by atoms with E-state index in [1.807, 2.05) is 42.5 Å². The highest BCUT2D eigenvalue weighted by molar-refractivity contribution is 7.22. The van der Waals surface area contributed by atoms with Crippen LogP contribution in [0.4, 0.5) is 5.13 Å². The summed E-state index contributed by atoms with van der Waals surface area (Å²) < 4.78 is 1.12. The standard InChI is InChI=1S/C21H17ClN4OS/c22-13-7-2-1-6-12(13)19-18-15(9-5-10-16(18)27)23-20(25-19)26-21-24-14-8-3-4-11-17(14)28-21/h1-4,6-9,11,18-19H,5,10H2,(H2,23,24,25,26)/p+1/t18-,19-/m0/s1. The molecule has 0 radical (unpaired) electrons. The molecular formula is C21H18ClN4OS+. The maximum Gasteiger partial charge on any atom is 0.355 e. The Bertz CT molecular complexity index is 1100. The maximum absolute atomic E-state index is 12.7. The van der Waals surface area contributed by atoms with E-state index in [2.05, 4.69) is 32.8 Å². The van der Waals surface area contributed by atoms with Crippen LogP contribution in [0.25, 0.3) is 10.2 Å². The summed E-state index contributed by atoms with van der Waals surface area (Å²) in [7, 11) is 0. The molecule has 1 aliphatic heterocycles. The van der Waals surface area contributed by atoms with Crippen molar-refractivity contribution in [1.29, 1.82) is 0 Å². The largest absolute Gasteiger partial charge is 0.355 e. The molecule has 140 valence electrons. The predicted molar refractivity (Wildman–Crippen MR) is 112 cm³/mol. The molecule has 2 aliphatic rings. The number of Topliss-reactive ketones (excluding diaryl/α,β-unsaturated/α-hetero) is 1. The van der Waals surface area contributed by atoms with Crippen LogP contribution in [-0.4, -0.2) is 16.7 Å². The summed E-state index contributed by atoms with van der Waals surface area (Å²) in [6.45, 7) is 0. The lowest BCUT2D eigenvalue weighted by Crippen LogP contribution is -2.84. The average molecular weight is 410 g/mol. The second kappa shape index (κ2) is 7.04. The number of thiazole rings is 1. The van der Waals surface area contributed by atoms with Crippen molar-refractivity contribution < 1.29 is 9.79 Å². The molecule has 1 aliphatic carbocycles. The molecule has 0 saturated carbocycles. The van der Waals surface area contributed by atoms with Gasteiger partial charge in [-0.05, 0) is 30.7 Å². The summed E-state index contributed by atoms with van der Waals surface area (Å²) in [5, 5.41) is 8.14. The molecule has 1 aromatic heterocycles. The average Bonchev–Trinajstić information content (AvgIpc) is 3.10. The number of halogens is 1. The van der Waals surface area contributed by atoms with E-state index >= 15 is 0 Å². The summed E-state index contributed by atoms with van der Waals surface area (Å²) in [5.74, 6) is 0.664. The van der Waals surface area contributed by atoms with Crippen LogP contribution >= 0.6 is 22.9 Å². The zero-order valence-electron chi connectivity index (χ0n) is 14.9. The van der Waals surface area contributed by atoms with Gasteiger partial charge in [-0.15, -0.1) is 0 Å². The van der Waals surface area contributed by atoms with Crippen molar-refractivity contribution in [2.45, 2.75) is 18.9 Å². The molecule has 0 saturated heterocycles. The fourth-order valence-electron chi connectivity index (χ4n) is 3.82. The highest BCUT2D eigenvalue weighted by atomic mass is 35.5. The van der Waals surface area contributed by atoms with Crippen LogP contribution in [-0.2, 0) is 4.79 Å².